The van der Waals surface area contributed by atoms with Gasteiger partial charge in [-0.25, -0.2) is 4.39 Å². The second-order valence-electron chi connectivity index (χ2n) is 4.75. The van der Waals surface area contributed by atoms with Crippen LogP contribution in [-0.2, 0) is 6.42 Å². The number of halogens is 2. The van der Waals surface area contributed by atoms with Crippen molar-refractivity contribution < 1.29 is 4.39 Å². The maximum atomic E-state index is 13.4. The van der Waals surface area contributed by atoms with Gasteiger partial charge in [-0.15, -0.1) is 11.3 Å². The lowest BCUT2D eigenvalue weighted by molar-refractivity contribution is 0.477. The van der Waals surface area contributed by atoms with Crippen molar-refractivity contribution in [2.24, 2.45) is 0 Å². The number of rotatable bonds is 5. The van der Waals surface area contributed by atoms with E-state index in [4.69, 9.17) is 11.6 Å². The van der Waals surface area contributed by atoms with Gasteiger partial charge >= 0.3 is 0 Å². The van der Waals surface area contributed by atoms with Crippen LogP contribution in [0.15, 0.2) is 35.7 Å². The molecule has 1 nitrogen and oxygen atoms in total. The molecule has 2 atom stereocenters. The summed E-state index contributed by atoms with van der Waals surface area (Å²) in [4.78, 5) is 1.36. The van der Waals surface area contributed by atoms with Gasteiger partial charge in [-0.2, -0.15) is 0 Å². The van der Waals surface area contributed by atoms with E-state index in [-0.39, 0.29) is 16.9 Å². The molecule has 1 N–H and O–H groups in total. The zero-order valence-corrected chi connectivity index (χ0v) is 12.6. The Balaban J connectivity index is 1.96. The zero-order valence-electron chi connectivity index (χ0n) is 11.0. The summed E-state index contributed by atoms with van der Waals surface area (Å²) in [5.41, 5.74) is 0.917. The second-order valence-corrected chi connectivity index (χ2v) is 6.19. The van der Waals surface area contributed by atoms with Crippen LogP contribution < -0.4 is 5.32 Å². The third-order valence-corrected chi connectivity index (χ3v) is 4.27. The summed E-state index contributed by atoms with van der Waals surface area (Å²) < 4.78 is 13.4. The average molecular weight is 298 g/mol. The summed E-state index contributed by atoms with van der Waals surface area (Å²) >= 11 is 7.45. The van der Waals surface area contributed by atoms with Crippen LogP contribution in [-0.4, -0.2) is 6.04 Å². The predicted octanol–water partition coefficient (Wildman–Crippen LogP) is 4.82. The summed E-state index contributed by atoms with van der Waals surface area (Å²) in [6.45, 7) is 4.18. The number of benzene rings is 1. The largest absolute Gasteiger partial charge is 0.307 e. The molecule has 0 fully saturated rings. The minimum absolute atomic E-state index is 0.0988. The van der Waals surface area contributed by atoms with E-state index in [0.29, 0.717) is 6.04 Å². The van der Waals surface area contributed by atoms with Gasteiger partial charge in [0.1, 0.15) is 5.82 Å². The van der Waals surface area contributed by atoms with Gasteiger partial charge in [0.05, 0.1) is 5.02 Å². The van der Waals surface area contributed by atoms with E-state index in [9.17, 15) is 4.39 Å². The first-order valence-corrected chi connectivity index (χ1v) is 7.55. The first-order valence-electron chi connectivity index (χ1n) is 6.29. The molecule has 1 aromatic heterocycles. The number of hydrogen-bond acceptors (Lipinski definition) is 2. The zero-order chi connectivity index (χ0) is 13.8. The van der Waals surface area contributed by atoms with Crippen LogP contribution in [0.3, 0.4) is 0 Å². The highest BCUT2D eigenvalue weighted by Crippen LogP contribution is 2.21. The summed E-state index contributed by atoms with van der Waals surface area (Å²) in [6.07, 6.45) is 0.984. The van der Waals surface area contributed by atoms with Crippen LogP contribution in [0.4, 0.5) is 4.39 Å². The Kier molecular flexibility index (Phi) is 4.97. The Morgan fingerprint density at radius 3 is 2.74 bits per heavy atom. The van der Waals surface area contributed by atoms with Crippen molar-refractivity contribution >= 4 is 22.9 Å². The lowest BCUT2D eigenvalue weighted by Crippen LogP contribution is -2.30. The van der Waals surface area contributed by atoms with Crippen molar-refractivity contribution in [2.75, 3.05) is 0 Å². The number of thiophene rings is 1. The van der Waals surface area contributed by atoms with E-state index in [1.165, 1.54) is 10.9 Å². The Labute approximate surface area is 122 Å². The molecule has 2 rings (SSSR count). The second kappa shape index (κ2) is 6.51. The molecular formula is C15H17ClFNS. The molecule has 0 aliphatic carbocycles. The van der Waals surface area contributed by atoms with Crippen LogP contribution in [0.2, 0.25) is 5.02 Å². The highest BCUT2D eigenvalue weighted by molar-refractivity contribution is 7.09. The van der Waals surface area contributed by atoms with Crippen molar-refractivity contribution in [3.8, 4) is 0 Å². The molecule has 19 heavy (non-hydrogen) atoms. The minimum Gasteiger partial charge on any atom is -0.307 e. The quantitative estimate of drug-likeness (QED) is 0.834. The van der Waals surface area contributed by atoms with Crippen molar-refractivity contribution in [1.29, 1.82) is 0 Å². The monoisotopic (exact) mass is 297 g/mol. The van der Waals surface area contributed by atoms with Gasteiger partial charge in [0.25, 0.3) is 0 Å². The van der Waals surface area contributed by atoms with Crippen molar-refractivity contribution in [2.45, 2.75) is 32.4 Å². The third kappa shape index (κ3) is 4.03. The fraction of sp³-hybridized carbons (Fsp3) is 0.333. The van der Waals surface area contributed by atoms with Gasteiger partial charge in [0, 0.05) is 17.0 Å². The molecule has 1 heterocycles. The normalized spacial score (nSPS) is 14.3. The maximum absolute atomic E-state index is 13.4. The topological polar surface area (TPSA) is 12.0 Å². The predicted molar refractivity (Wildman–Crippen MR) is 80.4 cm³/mol. The van der Waals surface area contributed by atoms with Gasteiger partial charge in [-0.3, -0.25) is 0 Å². The number of nitrogens with one attached hydrogen (secondary N) is 1. The number of hydrogen-bond donors (Lipinski definition) is 1. The van der Waals surface area contributed by atoms with Crippen molar-refractivity contribution in [3.63, 3.8) is 0 Å². The molecule has 0 radical (unpaired) electrons. The first kappa shape index (κ1) is 14.5. The standard InChI is InChI=1S/C15H17ClFNS/c1-10(8-13-4-3-7-19-13)18-11(2)12-5-6-14(16)15(17)9-12/h3-7,9-11,18H,8H2,1-2H3. The van der Waals surface area contributed by atoms with Gasteiger partial charge in [0.15, 0.2) is 0 Å². The lowest BCUT2D eigenvalue weighted by atomic mass is 10.1. The van der Waals surface area contributed by atoms with Gasteiger partial charge in [-0.05, 0) is 49.4 Å². The lowest BCUT2D eigenvalue weighted by Gasteiger charge is -2.20. The Hall–Kier alpha value is -0.900. The minimum atomic E-state index is -0.362. The first-order chi connectivity index (χ1) is 9.06. The van der Waals surface area contributed by atoms with Crippen molar-refractivity contribution in [3.05, 3.63) is 57.0 Å². The molecule has 4 heteroatoms. The highest BCUT2D eigenvalue weighted by Gasteiger charge is 2.12. The molecule has 0 spiro atoms. The van der Waals surface area contributed by atoms with Crippen LogP contribution in [0.25, 0.3) is 0 Å². The molecule has 2 aromatic rings. The summed E-state index contributed by atoms with van der Waals surface area (Å²) in [5, 5.41) is 5.73. The van der Waals surface area contributed by atoms with E-state index >= 15 is 0 Å². The Morgan fingerprint density at radius 1 is 1.32 bits per heavy atom. The van der Waals surface area contributed by atoms with Crippen LogP contribution in [0.5, 0.6) is 0 Å². The van der Waals surface area contributed by atoms with E-state index in [1.54, 1.807) is 17.4 Å². The van der Waals surface area contributed by atoms with E-state index in [0.717, 1.165) is 12.0 Å². The summed E-state index contributed by atoms with van der Waals surface area (Å²) in [7, 11) is 0. The van der Waals surface area contributed by atoms with Crippen LogP contribution >= 0.6 is 22.9 Å². The van der Waals surface area contributed by atoms with Gasteiger partial charge in [0.2, 0.25) is 0 Å². The fourth-order valence-electron chi connectivity index (χ4n) is 2.09. The van der Waals surface area contributed by atoms with Crippen molar-refractivity contribution in [1.82, 2.24) is 5.32 Å². The van der Waals surface area contributed by atoms with Gasteiger partial charge < -0.3 is 5.32 Å². The Morgan fingerprint density at radius 2 is 2.11 bits per heavy atom. The van der Waals surface area contributed by atoms with Crippen LogP contribution in [0.1, 0.15) is 30.3 Å². The molecule has 0 amide bonds. The van der Waals surface area contributed by atoms with Gasteiger partial charge in [-0.1, -0.05) is 23.7 Å². The molecule has 0 bridgehead atoms. The molecule has 0 aliphatic heterocycles. The molecular weight excluding hydrogens is 281 g/mol. The Bertz CT molecular complexity index is 527. The molecule has 0 saturated carbocycles. The molecule has 0 aliphatic rings. The third-order valence-electron chi connectivity index (χ3n) is 3.07. The highest BCUT2D eigenvalue weighted by atomic mass is 35.5. The average Bonchev–Trinajstić information content (AvgIpc) is 2.85. The fourth-order valence-corrected chi connectivity index (χ4v) is 3.05. The van der Waals surface area contributed by atoms with E-state index in [1.807, 2.05) is 13.0 Å². The smallest absolute Gasteiger partial charge is 0.142 e. The molecule has 1 aromatic carbocycles. The molecule has 102 valence electrons. The van der Waals surface area contributed by atoms with Crippen LogP contribution in [0, 0.1) is 5.82 Å². The summed E-state index contributed by atoms with van der Waals surface area (Å²) in [5.74, 6) is -0.362. The maximum Gasteiger partial charge on any atom is 0.142 e. The van der Waals surface area contributed by atoms with E-state index < -0.39 is 0 Å². The summed E-state index contributed by atoms with van der Waals surface area (Å²) in [6, 6.07) is 9.60. The molecule has 2 unspecified atom stereocenters. The SMILES string of the molecule is CC(Cc1cccs1)NC(C)c1ccc(Cl)c(F)c1. The van der Waals surface area contributed by atoms with E-state index in [2.05, 4.69) is 29.8 Å². The molecule has 0 saturated heterocycles.